The summed E-state index contributed by atoms with van der Waals surface area (Å²) >= 11 is 1.43. The van der Waals surface area contributed by atoms with E-state index in [1.165, 1.54) is 17.8 Å². The van der Waals surface area contributed by atoms with Gasteiger partial charge in [-0.05, 0) is 85.5 Å². The minimum Gasteiger partial charge on any atom is -0.457 e. The number of aryl methyl sites for hydroxylation is 3. The van der Waals surface area contributed by atoms with E-state index in [4.69, 9.17) is 4.42 Å². The number of anilines is 2. The molecule has 0 bridgehead atoms. The molecule has 0 aliphatic heterocycles. The first-order chi connectivity index (χ1) is 25.3. The monoisotopic (exact) mass is 705 g/mol. The quantitative estimate of drug-likeness (QED) is 0.0870. The minimum absolute atomic E-state index is 0.0144. The van der Waals surface area contributed by atoms with Crippen molar-refractivity contribution in [3.05, 3.63) is 179 Å². The number of thioether (sulfide) groups is 1. The van der Waals surface area contributed by atoms with E-state index in [2.05, 4.69) is 22.9 Å². The number of carbonyl (C=O) groups is 3. The minimum atomic E-state index is -0.524. The largest absolute Gasteiger partial charge is 0.457 e. The maximum atomic E-state index is 13.8. The van der Waals surface area contributed by atoms with Gasteiger partial charge in [-0.15, -0.1) is 11.8 Å². The standard InChI is InChI=1S/C44H39N3O4S/c1-4-31-17-11-12-30(3)40(31)47-44(50)41(33-13-7-5-8-14-33)52-37-25-22-35(23-26-37)45-43(49)38(46-42(48)34-15-9-6-10-16-34)28-36-24-27-39(51-36)32-20-18-29(2)19-21-32/h5-28,41H,4H2,1-3H3,(H,45,49)(H,46,48)(H,47,50)/b38-28-/t41-/m0/s1. The van der Waals surface area contributed by atoms with Crippen LogP contribution in [-0.2, 0) is 16.0 Å². The molecule has 3 amide bonds. The van der Waals surface area contributed by atoms with Crippen LogP contribution >= 0.6 is 11.8 Å². The van der Waals surface area contributed by atoms with Crippen molar-refractivity contribution in [3.8, 4) is 11.3 Å². The smallest absolute Gasteiger partial charge is 0.272 e. The molecule has 260 valence electrons. The number of nitrogens with one attached hydrogen (secondary N) is 3. The molecule has 7 nitrogen and oxygen atoms in total. The van der Waals surface area contributed by atoms with E-state index in [0.29, 0.717) is 22.8 Å². The summed E-state index contributed by atoms with van der Waals surface area (Å²) in [5, 5.41) is 8.33. The fourth-order valence-electron chi connectivity index (χ4n) is 5.63. The van der Waals surface area contributed by atoms with Crippen LogP contribution in [0.2, 0.25) is 0 Å². The van der Waals surface area contributed by atoms with Crippen LogP contribution in [0.1, 0.15) is 50.5 Å². The van der Waals surface area contributed by atoms with Gasteiger partial charge in [0.2, 0.25) is 5.91 Å². The summed E-state index contributed by atoms with van der Waals surface area (Å²) in [7, 11) is 0. The Balaban J connectivity index is 1.21. The Morgan fingerprint density at radius 3 is 2.12 bits per heavy atom. The molecular weight excluding hydrogens is 667 g/mol. The van der Waals surface area contributed by atoms with Crippen LogP contribution in [0.5, 0.6) is 0 Å². The molecule has 6 aromatic rings. The number of hydrogen-bond acceptors (Lipinski definition) is 5. The number of benzene rings is 5. The molecule has 1 atom stereocenters. The van der Waals surface area contributed by atoms with Crippen LogP contribution in [0.3, 0.4) is 0 Å². The van der Waals surface area contributed by atoms with Crippen molar-refractivity contribution in [2.45, 2.75) is 37.3 Å². The van der Waals surface area contributed by atoms with Crippen molar-refractivity contribution in [2.75, 3.05) is 10.6 Å². The fraction of sp³-hybridized carbons (Fsp3) is 0.114. The molecule has 52 heavy (non-hydrogen) atoms. The zero-order chi connectivity index (χ0) is 36.5. The highest BCUT2D eigenvalue weighted by atomic mass is 32.2. The first-order valence-electron chi connectivity index (χ1n) is 17.0. The lowest BCUT2D eigenvalue weighted by Crippen LogP contribution is -2.30. The SMILES string of the molecule is CCc1cccc(C)c1NC(=O)[C@@H](Sc1ccc(NC(=O)/C(=C/c2ccc(-c3ccc(C)cc3)o2)NC(=O)c2ccccc2)cc1)c1ccccc1. The molecule has 8 heteroatoms. The second-order valence-corrected chi connectivity index (χ2v) is 13.5. The Bertz CT molecular complexity index is 2190. The first-order valence-corrected chi connectivity index (χ1v) is 17.9. The molecule has 0 fully saturated rings. The molecule has 0 saturated heterocycles. The van der Waals surface area contributed by atoms with Gasteiger partial charge in [0.15, 0.2) is 0 Å². The molecule has 0 spiro atoms. The normalized spacial score (nSPS) is 11.8. The highest BCUT2D eigenvalue weighted by Crippen LogP contribution is 2.37. The predicted molar refractivity (Wildman–Crippen MR) is 210 cm³/mol. The van der Waals surface area contributed by atoms with E-state index < -0.39 is 17.1 Å². The van der Waals surface area contributed by atoms with E-state index in [9.17, 15) is 14.4 Å². The Morgan fingerprint density at radius 1 is 0.731 bits per heavy atom. The molecule has 0 saturated carbocycles. The van der Waals surface area contributed by atoms with Crippen LogP contribution in [-0.4, -0.2) is 17.7 Å². The van der Waals surface area contributed by atoms with Gasteiger partial charge in [0.05, 0.1) is 0 Å². The van der Waals surface area contributed by atoms with E-state index in [1.807, 2.05) is 111 Å². The van der Waals surface area contributed by atoms with Gasteiger partial charge < -0.3 is 20.4 Å². The van der Waals surface area contributed by atoms with E-state index in [-0.39, 0.29) is 11.6 Å². The maximum absolute atomic E-state index is 13.8. The van der Waals surface area contributed by atoms with Gasteiger partial charge >= 0.3 is 0 Å². The van der Waals surface area contributed by atoms with Crippen LogP contribution in [0.25, 0.3) is 17.4 Å². The van der Waals surface area contributed by atoms with E-state index in [0.717, 1.165) is 44.8 Å². The Morgan fingerprint density at radius 2 is 1.42 bits per heavy atom. The molecule has 0 unspecified atom stereocenters. The highest BCUT2D eigenvalue weighted by Gasteiger charge is 2.24. The van der Waals surface area contributed by atoms with Crippen molar-refractivity contribution in [3.63, 3.8) is 0 Å². The third-order valence-electron chi connectivity index (χ3n) is 8.47. The highest BCUT2D eigenvalue weighted by molar-refractivity contribution is 8.00. The molecule has 0 aliphatic rings. The number of amides is 3. The van der Waals surface area contributed by atoms with Crippen molar-refractivity contribution >= 4 is 46.9 Å². The summed E-state index contributed by atoms with van der Waals surface area (Å²) < 4.78 is 6.05. The summed E-state index contributed by atoms with van der Waals surface area (Å²) in [6, 6.07) is 43.2. The Kier molecular flexibility index (Phi) is 11.5. The number of rotatable bonds is 12. The molecule has 3 N–H and O–H groups in total. The molecule has 1 aromatic heterocycles. The van der Waals surface area contributed by atoms with Crippen molar-refractivity contribution < 1.29 is 18.8 Å². The Hall–Kier alpha value is -6.12. The summed E-state index contributed by atoms with van der Waals surface area (Å²) in [4.78, 5) is 41.5. The van der Waals surface area contributed by atoms with Gasteiger partial charge in [0.25, 0.3) is 11.8 Å². The molecule has 6 rings (SSSR count). The summed E-state index contributed by atoms with van der Waals surface area (Å²) in [5.74, 6) is -0.0287. The second kappa shape index (κ2) is 16.7. The third kappa shape index (κ3) is 8.96. The molecule has 0 aliphatic carbocycles. The fourth-order valence-corrected chi connectivity index (χ4v) is 6.66. The van der Waals surface area contributed by atoms with Gasteiger partial charge in [0.1, 0.15) is 22.5 Å². The number of hydrogen-bond donors (Lipinski definition) is 3. The third-order valence-corrected chi connectivity index (χ3v) is 9.74. The number of furan rings is 1. The Labute approximate surface area is 308 Å². The van der Waals surface area contributed by atoms with Gasteiger partial charge in [0, 0.05) is 33.5 Å². The lowest BCUT2D eigenvalue weighted by Gasteiger charge is -2.20. The topological polar surface area (TPSA) is 100 Å². The average molecular weight is 706 g/mol. The summed E-state index contributed by atoms with van der Waals surface area (Å²) in [6.07, 6.45) is 2.32. The number of carbonyl (C=O) groups excluding carboxylic acids is 3. The molecule has 1 heterocycles. The summed E-state index contributed by atoms with van der Waals surface area (Å²) in [6.45, 7) is 6.09. The van der Waals surface area contributed by atoms with Crippen LogP contribution < -0.4 is 16.0 Å². The molecular formula is C44H39N3O4S. The van der Waals surface area contributed by atoms with E-state index in [1.54, 1.807) is 42.5 Å². The van der Waals surface area contributed by atoms with Gasteiger partial charge in [-0.3, -0.25) is 14.4 Å². The first kappa shape index (κ1) is 35.7. The zero-order valence-electron chi connectivity index (χ0n) is 29.2. The average Bonchev–Trinajstić information content (AvgIpc) is 3.64. The lowest BCUT2D eigenvalue weighted by atomic mass is 10.1. The second-order valence-electron chi connectivity index (χ2n) is 12.3. The maximum Gasteiger partial charge on any atom is 0.272 e. The zero-order valence-corrected chi connectivity index (χ0v) is 30.0. The van der Waals surface area contributed by atoms with Crippen molar-refractivity contribution in [1.82, 2.24) is 5.32 Å². The van der Waals surface area contributed by atoms with Gasteiger partial charge in [-0.1, -0.05) is 103 Å². The van der Waals surface area contributed by atoms with Crippen molar-refractivity contribution in [2.24, 2.45) is 0 Å². The van der Waals surface area contributed by atoms with Crippen LogP contribution in [0.15, 0.2) is 155 Å². The molecule has 5 aromatic carbocycles. The van der Waals surface area contributed by atoms with Crippen LogP contribution in [0, 0.1) is 13.8 Å². The summed E-state index contributed by atoms with van der Waals surface area (Å²) in [5.41, 5.74) is 6.79. The number of para-hydroxylation sites is 1. The van der Waals surface area contributed by atoms with Gasteiger partial charge in [-0.2, -0.15) is 0 Å². The molecule has 0 radical (unpaired) electrons. The predicted octanol–water partition coefficient (Wildman–Crippen LogP) is 10.0. The van der Waals surface area contributed by atoms with Gasteiger partial charge in [-0.25, -0.2) is 0 Å². The lowest BCUT2D eigenvalue weighted by molar-refractivity contribution is -0.116. The van der Waals surface area contributed by atoms with Crippen molar-refractivity contribution in [1.29, 1.82) is 0 Å². The van der Waals surface area contributed by atoms with E-state index >= 15 is 0 Å². The van der Waals surface area contributed by atoms with Crippen LogP contribution in [0.4, 0.5) is 11.4 Å².